The summed E-state index contributed by atoms with van der Waals surface area (Å²) in [7, 11) is -0.856. The molecular weight excluding hydrogens is 309 g/mol. The predicted octanol–water partition coefficient (Wildman–Crippen LogP) is 2.78. The number of sulfonamides is 1. The smallest absolute Gasteiger partial charge is 0.237 e. The van der Waals surface area contributed by atoms with E-state index in [4.69, 9.17) is 9.47 Å². The van der Waals surface area contributed by atoms with Gasteiger partial charge in [0.05, 0.1) is 25.7 Å². The van der Waals surface area contributed by atoms with Crippen LogP contribution >= 0.6 is 0 Å². The summed E-state index contributed by atoms with van der Waals surface area (Å²) in [6.45, 7) is 0. The minimum atomic E-state index is -3.77. The quantitative estimate of drug-likeness (QED) is 0.887. The van der Waals surface area contributed by atoms with Gasteiger partial charge in [0.1, 0.15) is 17.3 Å². The van der Waals surface area contributed by atoms with Gasteiger partial charge in [0.25, 0.3) is 0 Å². The molecule has 0 aliphatic heterocycles. The summed E-state index contributed by atoms with van der Waals surface area (Å²) in [5.41, 5.74) is 0.363. The van der Waals surface area contributed by atoms with E-state index in [2.05, 4.69) is 4.72 Å². The number of methoxy groups -OCH3 is 2. The van der Waals surface area contributed by atoms with E-state index >= 15 is 0 Å². The minimum Gasteiger partial charge on any atom is -0.497 e. The highest BCUT2D eigenvalue weighted by Crippen LogP contribution is 2.30. The van der Waals surface area contributed by atoms with Crippen LogP contribution in [0.5, 0.6) is 11.5 Å². The number of ether oxygens (including phenoxy) is 2. The zero-order chi connectivity index (χ0) is 16.2. The lowest BCUT2D eigenvalue weighted by Gasteiger charge is -2.13. The summed E-state index contributed by atoms with van der Waals surface area (Å²) >= 11 is 0. The van der Waals surface area contributed by atoms with Crippen LogP contribution in [0.2, 0.25) is 0 Å². The second kappa shape index (κ2) is 6.65. The summed E-state index contributed by atoms with van der Waals surface area (Å²) < 4.78 is 50.5. The average molecular weight is 325 g/mol. The first kappa shape index (κ1) is 16.1. The van der Waals surface area contributed by atoms with Crippen molar-refractivity contribution in [2.45, 2.75) is 5.75 Å². The fraction of sp³-hybridized carbons (Fsp3) is 0.200. The molecule has 0 bridgehead atoms. The van der Waals surface area contributed by atoms with Crippen LogP contribution in [-0.2, 0) is 15.8 Å². The van der Waals surface area contributed by atoms with Gasteiger partial charge in [-0.2, -0.15) is 0 Å². The van der Waals surface area contributed by atoms with Crippen molar-refractivity contribution in [2.75, 3.05) is 18.9 Å². The molecule has 2 aromatic carbocycles. The van der Waals surface area contributed by atoms with Gasteiger partial charge in [-0.3, -0.25) is 4.72 Å². The molecule has 0 spiro atoms. The fourth-order valence-electron chi connectivity index (χ4n) is 1.91. The lowest BCUT2D eigenvalue weighted by molar-refractivity contribution is 0.395. The van der Waals surface area contributed by atoms with Crippen molar-refractivity contribution in [3.63, 3.8) is 0 Å². The lowest BCUT2D eigenvalue weighted by atomic mass is 10.2. The number of nitrogens with one attached hydrogen (secondary N) is 1. The van der Waals surface area contributed by atoms with Crippen molar-refractivity contribution in [2.24, 2.45) is 0 Å². The van der Waals surface area contributed by atoms with Crippen molar-refractivity contribution in [1.82, 2.24) is 0 Å². The minimum absolute atomic E-state index is 0.0995. The van der Waals surface area contributed by atoms with E-state index in [9.17, 15) is 12.8 Å². The zero-order valence-corrected chi connectivity index (χ0v) is 13.0. The Balaban J connectivity index is 2.24. The molecule has 2 rings (SSSR count). The summed E-state index contributed by atoms with van der Waals surface area (Å²) in [5, 5.41) is 0. The molecule has 0 radical (unpaired) electrons. The molecule has 0 saturated heterocycles. The van der Waals surface area contributed by atoms with E-state index in [0.29, 0.717) is 11.5 Å². The summed E-state index contributed by atoms with van der Waals surface area (Å²) in [5.74, 6) is -0.172. The molecule has 0 heterocycles. The van der Waals surface area contributed by atoms with Crippen LogP contribution in [0.1, 0.15) is 5.56 Å². The first-order valence-corrected chi connectivity index (χ1v) is 8.06. The molecule has 0 saturated carbocycles. The van der Waals surface area contributed by atoms with Crippen LogP contribution in [0.25, 0.3) is 0 Å². The van der Waals surface area contributed by atoms with E-state index in [1.165, 1.54) is 38.5 Å². The van der Waals surface area contributed by atoms with Crippen molar-refractivity contribution in [3.8, 4) is 11.5 Å². The van der Waals surface area contributed by atoms with Crippen molar-refractivity contribution >= 4 is 15.7 Å². The Morgan fingerprint density at radius 1 is 1.09 bits per heavy atom. The van der Waals surface area contributed by atoms with Crippen LogP contribution in [0.4, 0.5) is 10.1 Å². The number of benzene rings is 2. The van der Waals surface area contributed by atoms with Gasteiger partial charge in [0.15, 0.2) is 0 Å². The summed E-state index contributed by atoms with van der Waals surface area (Å²) in [4.78, 5) is 0. The van der Waals surface area contributed by atoms with Crippen LogP contribution in [0, 0.1) is 5.82 Å². The average Bonchev–Trinajstić information content (AvgIpc) is 2.49. The first-order valence-electron chi connectivity index (χ1n) is 6.41. The van der Waals surface area contributed by atoms with Gasteiger partial charge >= 0.3 is 0 Å². The third-order valence-corrected chi connectivity index (χ3v) is 4.20. The van der Waals surface area contributed by atoms with E-state index in [1.54, 1.807) is 18.2 Å². The topological polar surface area (TPSA) is 64.6 Å². The second-order valence-corrected chi connectivity index (χ2v) is 6.24. The molecule has 2 aromatic rings. The van der Waals surface area contributed by atoms with Gasteiger partial charge < -0.3 is 9.47 Å². The van der Waals surface area contributed by atoms with Gasteiger partial charge in [-0.05, 0) is 18.2 Å². The Morgan fingerprint density at radius 2 is 1.82 bits per heavy atom. The number of anilines is 1. The van der Waals surface area contributed by atoms with Gasteiger partial charge in [-0.15, -0.1) is 0 Å². The van der Waals surface area contributed by atoms with Gasteiger partial charge in [0, 0.05) is 11.6 Å². The van der Waals surface area contributed by atoms with Crippen LogP contribution < -0.4 is 14.2 Å². The Bertz CT molecular complexity index is 762. The number of halogens is 1. The maximum Gasteiger partial charge on any atom is 0.237 e. The Morgan fingerprint density at radius 3 is 2.45 bits per heavy atom. The fourth-order valence-corrected chi connectivity index (χ4v) is 3.13. The molecule has 7 heteroatoms. The predicted molar refractivity (Wildman–Crippen MR) is 82.2 cm³/mol. The van der Waals surface area contributed by atoms with E-state index in [1.807, 2.05) is 0 Å². The zero-order valence-electron chi connectivity index (χ0n) is 12.2. The van der Waals surface area contributed by atoms with E-state index < -0.39 is 21.6 Å². The molecule has 0 unspecified atom stereocenters. The van der Waals surface area contributed by atoms with E-state index in [0.717, 1.165) is 0 Å². The standard InChI is InChI=1S/C15H16FNO4S/c1-20-12-7-8-14(15(9-12)21-2)17-22(18,19)10-11-5-3-4-6-13(11)16/h3-9,17H,10H2,1-2H3. The maximum atomic E-state index is 13.6. The number of rotatable bonds is 6. The Labute approximate surface area is 128 Å². The third kappa shape index (κ3) is 3.88. The highest BCUT2D eigenvalue weighted by Gasteiger charge is 2.17. The molecule has 0 aliphatic rings. The van der Waals surface area contributed by atoms with Gasteiger partial charge in [-0.25, -0.2) is 12.8 Å². The maximum absolute atomic E-state index is 13.6. The first-order chi connectivity index (χ1) is 10.4. The Kier molecular flexibility index (Phi) is 4.87. The lowest BCUT2D eigenvalue weighted by Crippen LogP contribution is -2.16. The monoisotopic (exact) mass is 325 g/mol. The van der Waals surface area contributed by atoms with E-state index in [-0.39, 0.29) is 11.3 Å². The molecule has 0 atom stereocenters. The van der Waals surface area contributed by atoms with Gasteiger partial charge in [-0.1, -0.05) is 18.2 Å². The summed E-state index contributed by atoms with van der Waals surface area (Å²) in [6, 6.07) is 10.4. The summed E-state index contributed by atoms with van der Waals surface area (Å²) in [6.07, 6.45) is 0. The largest absolute Gasteiger partial charge is 0.497 e. The van der Waals surface area contributed by atoms with Crippen LogP contribution in [-0.4, -0.2) is 22.6 Å². The van der Waals surface area contributed by atoms with Crippen LogP contribution in [0.3, 0.4) is 0 Å². The van der Waals surface area contributed by atoms with Crippen molar-refractivity contribution in [1.29, 1.82) is 0 Å². The highest BCUT2D eigenvalue weighted by atomic mass is 32.2. The second-order valence-electron chi connectivity index (χ2n) is 4.52. The molecule has 0 aromatic heterocycles. The number of hydrogen-bond acceptors (Lipinski definition) is 4. The highest BCUT2D eigenvalue weighted by molar-refractivity contribution is 7.91. The molecule has 5 nitrogen and oxygen atoms in total. The van der Waals surface area contributed by atoms with Gasteiger partial charge in [0.2, 0.25) is 10.0 Å². The Hall–Kier alpha value is -2.28. The molecule has 22 heavy (non-hydrogen) atoms. The van der Waals surface area contributed by atoms with Crippen LogP contribution in [0.15, 0.2) is 42.5 Å². The molecule has 0 amide bonds. The van der Waals surface area contributed by atoms with Crippen molar-refractivity contribution < 1.29 is 22.3 Å². The normalized spacial score (nSPS) is 11.0. The molecule has 1 N–H and O–H groups in total. The SMILES string of the molecule is COc1ccc(NS(=O)(=O)Cc2ccccc2F)c(OC)c1. The molecule has 0 fully saturated rings. The van der Waals surface area contributed by atoms with Crippen molar-refractivity contribution in [3.05, 3.63) is 53.8 Å². The third-order valence-electron chi connectivity index (χ3n) is 2.98. The molecular formula is C15H16FNO4S. The molecule has 118 valence electrons. The molecule has 0 aliphatic carbocycles. The number of hydrogen-bond donors (Lipinski definition) is 1.